The molecule has 0 saturated carbocycles. The fraction of sp³-hybridized carbons (Fsp3) is 0.571. The van der Waals surface area contributed by atoms with Crippen LogP contribution in [0.3, 0.4) is 0 Å². The normalized spacial score (nSPS) is 21.8. The minimum atomic E-state index is -1.81. The number of nitrogens with one attached hydrogen (secondary N) is 1. The molecule has 1 fully saturated rings. The van der Waals surface area contributed by atoms with Crippen LogP contribution in [-0.4, -0.2) is 46.5 Å². The summed E-state index contributed by atoms with van der Waals surface area (Å²) in [6.45, 7) is 1.38. The maximum atomic E-state index is 14.4. The minimum absolute atomic E-state index is 0.384. The molecule has 0 unspecified atom stereocenters. The van der Waals surface area contributed by atoms with E-state index in [1.807, 2.05) is 0 Å². The van der Waals surface area contributed by atoms with E-state index in [0.29, 0.717) is 10.8 Å². The molecule has 9 nitrogen and oxygen atoms in total. The number of aromatic amines is 1. The topological polar surface area (TPSA) is 117 Å². The van der Waals surface area contributed by atoms with E-state index in [1.54, 1.807) is 4.98 Å². The van der Waals surface area contributed by atoms with Crippen LogP contribution in [0, 0.1) is 5.82 Å². The number of ether oxygens (including phenoxy) is 3. The van der Waals surface area contributed by atoms with Gasteiger partial charge in [0.1, 0.15) is 25.0 Å². The molecule has 138 valence electrons. The van der Waals surface area contributed by atoms with Gasteiger partial charge in [0.05, 0.1) is 6.20 Å². The van der Waals surface area contributed by atoms with E-state index in [2.05, 4.69) is 0 Å². The SMILES string of the molecule is CC(=O)OCC1(COC(C)=O)C[C@H](F)[C@H](n2cc(F)c(=O)[nH]c2=O)O1. The first-order chi connectivity index (χ1) is 11.6. The Bertz CT molecular complexity index is 770. The second kappa shape index (κ2) is 7.13. The molecule has 1 aromatic heterocycles. The molecule has 0 bridgehead atoms. The molecule has 1 saturated heterocycles. The Balaban J connectivity index is 2.32. The van der Waals surface area contributed by atoms with Crippen LogP contribution in [0.1, 0.15) is 26.5 Å². The van der Waals surface area contributed by atoms with Gasteiger partial charge in [0.25, 0.3) is 5.56 Å². The van der Waals surface area contributed by atoms with E-state index in [0.717, 1.165) is 13.8 Å². The Kier molecular flexibility index (Phi) is 5.36. The number of halogens is 2. The molecule has 0 aliphatic carbocycles. The van der Waals surface area contributed by atoms with Crippen LogP contribution in [-0.2, 0) is 23.8 Å². The molecule has 2 heterocycles. The number of alkyl halides is 1. The number of hydrogen-bond acceptors (Lipinski definition) is 7. The summed E-state index contributed by atoms with van der Waals surface area (Å²) in [7, 11) is 0. The Morgan fingerprint density at radius 1 is 1.32 bits per heavy atom. The number of rotatable bonds is 5. The van der Waals surface area contributed by atoms with Gasteiger partial charge in [0.2, 0.25) is 5.82 Å². The number of carbonyl (C=O) groups is 2. The summed E-state index contributed by atoms with van der Waals surface area (Å²) in [5.74, 6) is -2.64. The van der Waals surface area contributed by atoms with Gasteiger partial charge in [-0.05, 0) is 0 Å². The first kappa shape index (κ1) is 18.8. The van der Waals surface area contributed by atoms with E-state index in [4.69, 9.17) is 14.2 Å². The van der Waals surface area contributed by atoms with E-state index in [1.165, 1.54) is 0 Å². The third kappa shape index (κ3) is 4.29. The first-order valence-electron chi connectivity index (χ1n) is 7.23. The highest BCUT2D eigenvalue weighted by Gasteiger charge is 2.50. The predicted molar refractivity (Wildman–Crippen MR) is 76.9 cm³/mol. The zero-order chi connectivity index (χ0) is 18.8. The summed E-state index contributed by atoms with van der Waals surface area (Å²) in [6.07, 6.45) is -3.27. The minimum Gasteiger partial charge on any atom is -0.463 e. The van der Waals surface area contributed by atoms with Crippen molar-refractivity contribution in [1.29, 1.82) is 0 Å². The number of nitrogens with zero attached hydrogens (tertiary/aromatic N) is 1. The number of aromatic nitrogens is 2. The second-order valence-electron chi connectivity index (χ2n) is 5.62. The molecule has 25 heavy (non-hydrogen) atoms. The number of carbonyl (C=O) groups excluding carboxylic acids is 2. The summed E-state index contributed by atoms with van der Waals surface area (Å²) >= 11 is 0. The van der Waals surface area contributed by atoms with E-state index in [-0.39, 0.29) is 6.42 Å². The molecule has 1 aromatic rings. The molecule has 0 spiro atoms. The summed E-state index contributed by atoms with van der Waals surface area (Å²) < 4.78 is 43.5. The van der Waals surface area contributed by atoms with Gasteiger partial charge in [0.15, 0.2) is 6.23 Å². The zero-order valence-electron chi connectivity index (χ0n) is 13.4. The number of H-pyrrole nitrogens is 1. The summed E-state index contributed by atoms with van der Waals surface area (Å²) in [5.41, 5.74) is -3.87. The van der Waals surface area contributed by atoms with Crippen molar-refractivity contribution in [3.05, 3.63) is 32.9 Å². The molecule has 0 aromatic carbocycles. The average Bonchev–Trinajstić information content (AvgIpc) is 2.84. The molecular weight excluding hydrogens is 346 g/mol. The lowest BCUT2D eigenvalue weighted by Gasteiger charge is -2.27. The number of hydrogen-bond donors (Lipinski definition) is 1. The van der Waals surface area contributed by atoms with Crippen molar-refractivity contribution in [3.8, 4) is 0 Å². The van der Waals surface area contributed by atoms with Gasteiger partial charge in [-0.3, -0.25) is 23.9 Å². The number of esters is 2. The van der Waals surface area contributed by atoms with Crippen LogP contribution in [0.15, 0.2) is 15.8 Å². The maximum Gasteiger partial charge on any atom is 0.330 e. The van der Waals surface area contributed by atoms with Crippen molar-refractivity contribution in [2.75, 3.05) is 13.2 Å². The predicted octanol–water partition coefficient (Wildman–Crippen LogP) is -0.202. The van der Waals surface area contributed by atoms with Crippen molar-refractivity contribution < 1.29 is 32.6 Å². The zero-order valence-corrected chi connectivity index (χ0v) is 13.4. The Morgan fingerprint density at radius 2 is 1.88 bits per heavy atom. The standard InChI is InChI=1S/C14H16F2N2O7/c1-7(19)23-5-14(6-24-8(2)20)3-9(15)12(25-14)18-4-10(16)11(21)17-13(18)22/h4,9,12H,3,5-6H2,1-2H3,(H,17,21,22)/t9-,12+/m0/s1. The fourth-order valence-corrected chi connectivity index (χ4v) is 2.41. The Hall–Kier alpha value is -2.56. The van der Waals surface area contributed by atoms with Crippen LogP contribution < -0.4 is 11.2 Å². The van der Waals surface area contributed by atoms with E-state index in [9.17, 15) is 28.0 Å². The highest BCUT2D eigenvalue weighted by atomic mass is 19.1. The van der Waals surface area contributed by atoms with E-state index >= 15 is 0 Å². The van der Waals surface area contributed by atoms with Gasteiger partial charge >= 0.3 is 17.6 Å². The van der Waals surface area contributed by atoms with Crippen molar-refractivity contribution >= 4 is 11.9 Å². The summed E-state index contributed by atoms with van der Waals surface area (Å²) in [4.78, 5) is 46.6. The lowest BCUT2D eigenvalue weighted by atomic mass is 10.0. The Labute approximate surface area is 139 Å². The first-order valence-corrected chi connectivity index (χ1v) is 7.23. The third-order valence-corrected chi connectivity index (χ3v) is 3.52. The van der Waals surface area contributed by atoms with Gasteiger partial charge in [-0.1, -0.05) is 0 Å². The maximum absolute atomic E-state index is 14.4. The largest absolute Gasteiger partial charge is 0.463 e. The molecule has 11 heteroatoms. The lowest BCUT2D eigenvalue weighted by molar-refractivity contribution is -0.173. The van der Waals surface area contributed by atoms with Crippen LogP contribution in [0.4, 0.5) is 8.78 Å². The van der Waals surface area contributed by atoms with Crippen LogP contribution >= 0.6 is 0 Å². The fourth-order valence-electron chi connectivity index (χ4n) is 2.41. The average molecular weight is 362 g/mol. The van der Waals surface area contributed by atoms with Crippen LogP contribution in [0.25, 0.3) is 0 Å². The Morgan fingerprint density at radius 3 is 2.40 bits per heavy atom. The van der Waals surface area contributed by atoms with Crippen molar-refractivity contribution in [2.45, 2.75) is 38.3 Å². The molecule has 2 rings (SSSR count). The molecule has 2 atom stereocenters. The highest BCUT2D eigenvalue weighted by Crippen LogP contribution is 2.38. The lowest BCUT2D eigenvalue weighted by Crippen LogP contribution is -2.42. The van der Waals surface area contributed by atoms with Gasteiger partial charge in [-0.2, -0.15) is 4.39 Å². The van der Waals surface area contributed by atoms with Crippen molar-refractivity contribution in [1.82, 2.24) is 9.55 Å². The van der Waals surface area contributed by atoms with Gasteiger partial charge < -0.3 is 14.2 Å². The highest BCUT2D eigenvalue weighted by molar-refractivity contribution is 5.66. The molecule has 0 radical (unpaired) electrons. The second-order valence-corrected chi connectivity index (χ2v) is 5.62. The monoisotopic (exact) mass is 362 g/mol. The smallest absolute Gasteiger partial charge is 0.330 e. The van der Waals surface area contributed by atoms with E-state index < -0.39 is 60.2 Å². The third-order valence-electron chi connectivity index (χ3n) is 3.52. The molecule has 1 N–H and O–H groups in total. The molecule has 1 aliphatic rings. The van der Waals surface area contributed by atoms with Crippen LogP contribution in [0.2, 0.25) is 0 Å². The van der Waals surface area contributed by atoms with Crippen LogP contribution in [0.5, 0.6) is 0 Å². The van der Waals surface area contributed by atoms with Crippen molar-refractivity contribution in [3.63, 3.8) is 0 Å². The molecule has 1 aliphatic heterocycles. The molecule has 0 amide bonds. The summed E-state index contributed by atoms with van der Waals surface area (Å²) in [6, 6.07) is 0. The van der Waals surface area contributed by atoms with Crippen molar-refractivity contribution in [2.24, 2.45) is 0 Å². The summed E-state index contributed by atoms with van der Waals surface area (Å²) in [5, 5.41) is 0. The van der Waals surface area contributed by atoms with Gasteiger partial charge in [0, 0.05) is 20.3 Å². The van der Waals surface area contributed by atoms with Gasteiger partial charge in [-0.25, -0.2) is 9.18 Å². The van der Waals surface area contributed by atoms with Gasteiger partial charge in [-0.15, -0.1) is 0 Å². The quantitative estimate of drug-likeness (QED) is 0.721. The molecular formula is C14H16F2N2O7.